The van der Waals surface area contributed by atoms with Crippen molar-refractivity contribution in [1.29, 1.82) is 0 Å². The van der Waals surface area contributed by atoms with Gasteiger partial charge < -0.3 is 10.1 Å². The van der Waals surface area contributed by atoms with Gasteiger partial charge >= 0.3 is 0 Å². The topological polar surface area (TPSA) is 38.3 Å². The number of carbonyl (C=O) groups is 1. The second-order valence-corrected chi connectivity index (χ2v) is 7.37. The van der Waals surface area contributed by atoms with E-state index in [2.05, 4.69) is 26.1 Å². The number of rotatable bonds is 3. The molecule has 0 saturated heterocycles. The van der Waals surface area contributed by atoms with E-state index in [9.17, 15) is 4.79 Å². The quantitative estimate of drug-likeness (QED) is 0.921. The summed E-state index contributed by atoms with van der Waals surface area (Å²) in [4.78, 5) is 12.5. The minimum atomic E-state index is 0.0345. The first kappa shape index (κ1) is 14.4. The fraction of sp³-hybridized carbons (Fsp3) is 0.611. The first-order chi connectivity index (χ1) is 9.88. The van der Waals surface area contributed by atoms with Crippen LogP contribution in [0.15, 0.2) is 24.3 Å². The van der Waals surface area contributed by atoms with Crippen molar-refractivity contribution in [1.82, 2.24) is 5.32 Å². The van der Waals surface area contributed by atoms with Crippen molar-refractivity contribution in [2.45, 2.75) is 46.1 Å². The number of amides is 1. The Kier molecular flexibility index (Phi) is 3.27. The van der Waals surface area contributed by atoms with Crippen LogP contribution in [0.1, 0.15) is 50.4 Å². The van der Waals surface area contributed by atoms with Crippen molar-refractivity contribution in [2.24, 2.45) is 16.7 Å². The minimum Gasteiger partial charge on any atom is -0.497 e. The van der Waals surface area contributed by atoms with Crippen molar-refractivity contribution in [3.63, 3.8) is 0 Å². The summed E-state index contributed by atoms with van der Waals surface area (Å²) in [6.07, 6.45) is 3.64. The molecule has 1 N–H and O–H groups in total. The lowest BCUT2D eigenvalue weighted by Crippen LogP contribution is -2.46. The van der Waals surface area contributed by atoms with Gasteiger partial charge in [-0.25, -0.2) is 0 Å². The summed E-state index contributed by atoms with van der Waals surface area (Å²) in [5.41, 5.74) is 1.25. The Balaban J connectivity index is 1.74. The molecule has 21 heavy (non-hydrogen) atoms. The molecule has 1 aromatic carbocycles. The number of benzene rings is 1. The molecule has 3 atom stereocenters. The van der Waals surface area contributed by atoms with E-state index in [1.54, 1.807) is 7.11 Å². The SMILES string of the molecule is COc1ccc(C(=O)NC2CC3CCC2(C)C3(C)C)cc1. The zero-order valence-electron chi connectivity index (χ0n) is 13.4. The fourth-order valence-corrected chi connectivity index (χ4v) is 4.41. The molecule has 2 fully saturated rings. The monoisotopic (exact) mass is 287 g/mol. The van der Waals surface area contributed by atoms with E-state index in [1.165, 1.54) is 12.8 Å². The van der Waals surface area contributed by atoms with Crippen LogP contribution >= 0.6 is 0 Å². The summed E-state index contributed by atoms with van der Waals surface area (Å²) in [5.74, 6) is 1.55. The Hall–Kier alpha value is -1.51. The maximum absolute atomic E-state index is 12.5. The van der Waals surface area contributed by atoms with Crippen molar-refractivity contribution < 1.29 is 9.53 Å². The molecule has 2 aliphatic rings. The van der Waals surface area contributed by atoms with E-state index in [0.717, 1.165) is 18.1 Å². The van der Waals surface area contributed by atoms with E-state index in [1.807, 2.05) is 24.3 Å². The average molecular weight is 287 g/mol. The maximum atomic E-state index is 12.5. The highest BCUT2D eigenvalue weighted by molar-refractivity contribution is 5.94. The standard InChI is InChI=1S/C18H25NO2/c1-17(2)13-9-10-18(17,3)15(11-13)19-16(20)12-5-7-14(21-4)8-6-12/h5-8,13,15H,9-11H2,1-4H3,(H,19,20). The summed E-state index contributed by atoms with van der Waals surface area (Å²) in [6.45, 7) is 7.08. The zero-order chi connectivity index (χ0) is 15.3. The summed E-state index contributed by atoms with van der Waals surface area (Å²) in [7, 11) is 1.63. The Morgan fingerprint density at radius 3 is 2.38 bits per heavy atom. The van der Waals surface area contributed by atoms with Crippen LogP contribution in [0.25, 0.3) is 0 Å². The number of nitrogens with one attached hydrogen (secondary N) is 1. The fourth-order valence-electron chi connectivity index (χ4n) is 4.41. The number of carbonyl (C=O) groups excluding carboxylic acids is 1. The Labute approximate surface area is 127 Å². The summed E-state index contributed by atoms with van der Waals surface area (Å²) >= 11 is 0. The van der Waals surface area contributed by atoms with Crippen LogP contribution < -0.4 is 10.1 Å². The minimum absolute atomic E-state index is 0.0345. The number of hydrogen-bond donors (Lipinski definition) is 1. The predicted molar refractivity (Wildman–Crippen MR) is 83.5 cm³/mol. The molecule has 0 radical (unpaired) electrons. The third-order valence-corrected chi connectivity index (χ3v) is 6.45. The number of methoxy groups -OCH3 is 1. The van der Waals surface area contributed by atoms with E-state index in [0.29, 0.717) is 17.0 Å². The molecule has 3 heteroatoms. The first-order valence-electron chi connectivity index (χ1n) is 7.83. The number of hydrogen-bond acceptors (Lipinski definition) is 2. The lowest BCUT2D eigenvalue weighted by Gasteiger charge is -2.39. The van der Waals surface area contributed by atoms with Crippen molar-refractivity contribution >= 4 is 5.91 Å². The van der Waals surface area contributed by atoms with Crippen LogP contribution in [0.5, 0.6) is 5.75 Å². The van der Waals surface area contributed by atoms with Crippen LogP contribution in [0.3, 0.4) is 0 Å². The predicted octanol–water partition coefficient (Wildman–Crippen LogP) is 3.64. The average Bonchev–Trinajstić information content (AvgIpc) is 2.80. The van der Waals surface area contributed by atoms with Gasteiger partial charge in [0.25, 0.3) is 5.91 Å². The molecule has 3 rings (SSSR count). The smallest absolute Gasteiger partial charge is 0.251 e. The Morgan fingerprint density at radius 2 is 1.90 bits per heavy atom. The van der Waals surface area contributed by atoms with Crippen LogP contribution in [0.2, 0.25) is 0 Å². The van der Waals surface area contributed by atoms with Crippen LogP contribution in [0, 0.1) is 16.7 Å². The molecule has 2 saturated carbocycles. The molecule has 1 amide bonds. The van der Waals surface area contributed by atoms with Crippen molar-refractivity contribution in [2.75, 3.05) is 7.11 Å². The highest BCUT2D eigenvalue weighted by atomic mass is 16.5. The van der Waals surface area contributed by atoms with E-state index < -0.39 is 0 Å². The third kappa shape index (κ3) is 2.05. The summed E-state index contributed by atoms with van der Waals surface area (Å²) < 4.78 is 5.13. The molecule has 3 nitrogen and oxygen atoms in total. The molecule has 0 spiro atoms. The van der Waals surface area contributed by atoms with Gasteiger partial charge in [-0.05, 0) is 60.3 Å². The van der Waals surface area contributed by atoms with Crippen molar-refractivity contribution in [3.8, 4) is 5.75 Å². The van der Waals surface area contributed by atoms with Gasteiger partial charge in [-0.3, -0.25) is 4.79 Å². The highest BCUT2D eigenvalue weighted by Gasteiger charge is 2.61. The molecule has 0 heterocycles. The molecule has 2 bridgehead atoms. The number of ether oxygens (including phenoxy) is 1. The van der Waals surface area contributed by atoms with Crippen LogP contribution in [-0.4, -0.2) is 19.1 Å². The Bertz CT molecular complexity index is 549. The molecular weight excluding hydrogens is 262 g/mol. The van der Waals surface area contributed by atoms with Gasteiger partial charge in [-0.2, -0.15) is 0 Å². The largest absolute Gasteiger partial charge is 0.497 e. The zero-order valence-corrected chi connectivity index (χ0v) is 13.4. The van der Waals surface area contributed by atoms with Crippen LogP contribution in [-0.2, 0) is 0 Å². The molecule has 0 aliphatic heterocycles. The second kappa shape index (κ2) is 4.75. The van der Waals surface area contributed by atoms with Gasteiger partial charge in [0.2, 0.25) is 0 Å². The molecule has 1 aromatic rings. The highest BCUT2D eigenvalue weighted by Crippen LogP contribution is 2.65. The van der Waals surface area contributed by atoms with E-state index in [-0.39, 0.29) is 11.3 Å². The second-order valence-electron chi connectivity index (χ2n) is 7.37. The number of fused-ring (bicyclic) bond motifs is 2. The van der Waals surface area contributed by atoms with E-state index >= 15 is 0 Å². The normalized spacial score (nSPS) is 33.0. The van der Waals surface area contributed by atoms with Crippen molar-refractivity contribution in [3.05, 3.63) is 29.8 Å². The van der Waals surface area contributed by atoms with Gasteiger partial charge in [-0.1, -0.05) is 20.8 Å². The molecule has 114 valence electrons. The summed E-state index contributed by atoms with van der Waals surface area (Å²) in [5, 5.41) is 3.28. The van der Waals surface area contributed by atoms with Gasteiger partial charge in [-0.15, -0.1) is 0 Å². The summed E-state index contributed by atoms with van der Waals surface area (Å²) in [6, 6.07) is 7.62. The molecule has 0 aromatic heterocycles. The Morgan fingerprint density at radius 1 is 1.24 bits per heavy atom. The molecular formula is C18H25NO2. The maximum Gasteiger partial charge on any atom is 0.251 e. The first-order valence-corrected chi connectivity index (χ1v) is 7.83. The van der Waals surface area contributed by atoms with Gasteiger partial charge in [0.15, 0.2) is 0 Å². The van der Waals surface area contributed by atoms with Gasteiger partial charge in [0.05, 0.1) is 7.11 Å². The van der Waals surface area contributed by atoms with Gasteiger partial charge in [0, 0.05) is 11.6 Å². The third-order valence-electron chi connectivity index (χ3n) is 6.45. The van der Waals surface area contributed by atoms with Gasteiger partial charge in [0.1, 0.15) is 5.75 Å². The molecule has 3 unspecified atom stereocenters. The lowest BCUT2D eigenvalue weighted by molar-refractivity contribution is 0.0826. The van der Waals surface area contributed by atoms with Crippen LogP contribution in [0.4, 0.5) is 0 Å². The molecule has 2 aliphatic carbocycles. The van der Waals surface area contributed by atoms with E-state index in [4.69, 9.17) is 4.74 Å². The lowest BCUT2D eigenvalue weighted by atomic mass is 9.69.